The molecule has 0 N–H and O–H groups in total. The third-order valence-corrected chi connectivity index (χ3v) is 7.71. The number of halogens is 12. The third kappa shape index (κ3) is 5.16. The maximum absolute atomic E-state index is 14.1. The summed E-state index contributed by atoms with van der Waals surface area (Å²) in [6, 6.07) is 0. The van der Waals surface area contributed by atoms with Crippen molar-refractivity contribution in [2.24, 2.45) is 0 Å². The van der Waals surface area contributed by atoms with Gasteiger partial charge >= 0.3 is 0 Å². The van der Waals surface area contributed by atoms with Gasteiger partial charge in [-0.05, 0) is 6.08 Å². The molecule has 0 radical (unpaired) electrons. The van der Waals surface area contributed by atoms with Gasteiger partial charge in [0.1, 0.15) is 0 Å². The van der Waals surface area contributed by atoms with E-state index in [-0.39, 0.29) is 6.08 Å². The molecule has 0 amide bonds. The van der Waals surface area contributed by atoms with Crippen molar-refractivity contribution in [3.63, 3.8) is 0 Å². The average Bonchev–Trinajstić information content (AvgIpc) is 2.77. The van der Waals surface area contributed by atoms with Crippen molar-refractivity contribution in [3.05, 3.63) is 79.9 Å². The van der Waals surface area contributed by atoms with Crippen molar-refractivity contribution in [1.82, 2.24) is 0 Å². The summed E-state index contributed by atoms with van der Waals surface area (Å²) in [7, 11) is -11.6. The van der Waals surface area contributed by atoms with Crippen LogP contribution >= 0.6 is 0 Å². The number of hydrogen-bond donors (Lipinski definition) is 0. The zero-order valence-electron chi connectivity index (χ0n) is 15.8. The molecule has 0 aliphatic carbocycles. The van der Waals surface area contributed by atoms with Crippen molar-refractivity contribution in [2.75, 3.05) is 5.08 Å². The topological polar surface area (TPSA) is 68.3 Å². The van der Waals surface area contributed by atoms with Gasteiger partial charge < -0.3 is 0 Å². The summed E-state index contributed by atoms with van der Waals surface area (Å²) < 4.78 is 208. The van der Waals surface area contributed by atoms with Crippen LogP contribution in [0.1, 0.15) is 11.1 Å². The van der Waals surface area contributed by atoms with Crippen LogP contribution in [0.3, 0.4) is 0 Å². The predicted molar refractivity (Wildman–Crippen MR) is 93.3 cm³/mol. The largest absolute Gasteiger partial charge is 0.251 e. The van der Waals surface area contributed by atoms with Gasteiger partial charge in [-0.25, -0.2) is 65.1 Å². The minimum atomic E-state index is -6.15. The van der Waals surface area contributed by atoms with E-state index in [2.05, 4.69) is 0 Å². The van der Waals surface area contributed by atoms with Gasteiger partial charge in [0.05, 0.1) is 11.1 Å². The summed E-state index contributed by atoms with van der Waals surface area (Å²) >= 11 is 0. The van der Waals surface area contributed by atoms with Gasteiger partial charge in [-0.2, -0.15) is 4.39 Å². The molecule has 0 aromatic heterocycles. The molecule has 35 heavy (non-hydrogen) atoms. The van der Waals surface area contributed by atoms with Crippen molar-refractivity contribution >= 4 is 31.6 Å². The Morgan fingerprint density at radius 3 is 1.31 bits per heavy atom. The Morgan fingerprint density at radius 2 is 0.914 bits per heavy atom. The van der Waals surface area contributed by atoms with Crippen LogP contribution in [0.25, 0.3) is 11.9 Å². The monoisotopic (exact) mass is 564 g/mol. The molecule has 18 heteroatoms. The van der Waals surface area contributed by atoms with E-state index in [1.165, 1.54) is 0 Å². The third-order valence-electron chi connectivity index (χ3n) is 3.88. The lowest BCUT2D eigenvalue weighted by atomic mass is 10.1. The lowest BCUT2D eigenvalue weighted by Gasteiger charge is -2.08. The van der Waals surface area contributed by atoms with Gasteiger partial charge in [-0.3, -0.25) is 0 Å². The SMILES string of the molecule is O=S(=O)(C=Cc1c(F)c(F)c(F)c(F)c1F)CS(=O)(=O)C(F)=C(F)c1c(F)c(F)c(F)c(F)c1F. The summed E-state index contributed by atoms with van der Waals surface area (Å²) in [6.45, 7) is 0. The average molecular weight is 564 g/mol. The second kappa shape index (κ2) is 9.56. The molecule has 0 heterocycles. The summed E-state index contributed by atoms with van der Waals surface area (Å²) in [5, 5.41) is -6.40. The van der Waals surface area contributed by atoms with Crippen LogP contribution in [0.5, 0.6) is 0 Å². The Kier molecular flexibility index (Phi) is 7.70. The molecule has 192 valence electrons. The van der Waals surface area contributed by atoms with E-state index < -0.39 is 110 Å². The van der Waals surface area contributed by atoms with Crippen LogP contribution in [-0.4, -0.2) is 21.9 Å². The number of sulfone groups is 2. The van der Waals surface area contributed by atoms with Crippen LogP contribution in [0.2, 0.25) is 0 Å². The number of hydrogen-bond acceptors (Lipinski definition) is 4. The molecule has 0 aliphatic rings. The highest BCUT2D eigenvalue weighted by Gasteiger charge is 2.35. The van der Waals surface area contributed by atoms with Gasteiger partial charge in [0.25, 0.3) is 5.16 Å². The molecule has 0 bridgehead atoms. The lowest BCUT2D eigenvalue weighted by molar-refractivity contribution is 0.374. The minimum Gasteiger partial charge on any atom is -0.223 e. The maximum atomic E-state index is 14.1. The summed E-state index contributed by atoms with van der Waals surface area (Å²) in [5.74, 6) is -30.5. The summed E-state index contributed by atoms with van der Waals surface area (Å²) in [4.78, 5) is 0. The van der Waals surface area contributed by atoms with Gasteiger partial charge in [0.15, 0.2) is 67.3 Å². The van der Waals surface area contributed by atoms with E-state index in [1.807, 2.05) is 0 Å². The first-order valence-electron chi connectivity index (χ1n) is 8.07. The Bertz CT molecular complexity index is 1450. The summed E-state index contributed by atoms with van der Waals surface area (Å²) in [6.07, 6.45) is -0.330. The molecule has 0 saturated heterocycles. The van der Waals surface area contributed by atoms with Crippen LogP contribution in [0, 0.1) is 58.2 Å². The zero-order chi connectivity index (χ0) is 27.2. The molecule has 0 spiro atoms. The fourth-order valence-electron chi connectivity index (χ4n) is 2.28. The number of benzene rings is 2. The first-order chi connectivity index (χ1) is 15.9. The van der Waals surface area contributed by atoms with Gasteiger partial charge in [-0.1, -0.05) is 0 Å². The first kappa shape index (κ1) is 28.2. The molecule has 2 aromatic carbocycles. The predicted octanol–water partition coefficient (Wildman–Crippen LogP) is 5.10. The van der Waals surface area contributed by atoms with Crippen molar-refractivity contribution in [2.45, 2.75) is 0 Å². The smallest absolute Gasteiger partial charge is 0.223 e. The van der Waals surface area contributed by atoms with Crippen molar-refractivity contribution in [3.8, 4) is 0 Å². The standard InChI is InChI=1S/C17H4F12O4S2/c18-6-4(7(19)12(24)15(27)11(6)23)1-2-34(30,31)3-35(32,33)17(29)10(22)5-8(20)13(25)16(28)14(26)9(5)21/h1-2H,3H2. The molecule has 4 nitrogen and oxygen atoms in total. The highest BCUT2D eigenvalue weighted by atomic mass is 32.3. The fraction of sp³-hybridized carbons (Fsp3) is 0.0588. The number of rotatable bonds is 6. The van der Waals surface area contributed by atoms with E-state index in [9.17, 15) is 69.5 Å². The molecular weight excluding hydrogens is 560 g/mol. The first-order valence-corrected chi connectivity index (χ1v) is 11.4. The molecule has 2 rings (SSSR count). The van der Waals surface area contributed by atoms with Crippen molar-refractivity contribution in [1.29, 1.82) is 0 Å². The van der Waals surface area contributed by atoms with E-state index in [0.29, 0.717) is 0 Å². The molecule has 0 atom stereocenters. The summed E-state index contributed by atoms with van der Waals surface area (Å²) in [5.41, 5.74) is -4.58. The Hall–Kier alpha value is -3.02. The molecular formula is C17H4F12O4S2. The maximum Gasteiger partial charge on any atom is 0.251 e. The minimum absolute atomic E-state index is 0.330. The molecule has 0 aliphatic heterocycles. The van der Waals surface area contributed by atoms with Crippen LogP contribution in [0.15, 0.2) is 10.6 Å². The highest BCUT2D eigenvalue weighted by molar-refractivity contribution is 8.11. The van der Waals surface area contributed by atoms with Crippen LogP contribution in [0.4, 0.5) is 52.7 Å². The Balaban J connectivity index is 2.54. The van der Waals surface area contributed by atoms with Gasteiger partial charge in [-0.15, -0.1) is 0 Å². The fourth-order valence-corrected chi connectivity index (χ4v) is 5.46. The quantitative estimate of drug-likeness (QED) is 0.278. The molecule has 0 fully saturated rings. The molecule has 2 aromatic rings. The van der Waals surface area contributed by atoms with Gasteiger partial charge in [0.2, 0.25) is 21.5 Å². The molecule has 0 saturated carbocycles. The highest BCUT2D eigenvalue weighted by Crippen LogP contribution is 2.33. The Labute approximate surface area is 186 Å². The lowest BCUT2D eigenvalue weighted by Crippen LogP contribution is -2.16. The zero-order valence-corrected chi connectivity index (χ0v) is 17.5. The Morgan fingerprint density at radius 1 is 0.571 bits per heavy atom. The second-order valence-electron chi connectivity index (χ2n) is 6.21. The van der Waals surface area contributed by atoms with Gasteiger partial charge in [0, 0.05) is 5.41 Å². The van der Waals surface area contributed by atoms with E-state index >= 15 is 0 Å². The molecule has 0 unspecified atom stereocenters. The normalized spacial score (nSPS) is 13.5. The second-order valence-corrected chi connectivity index (χ2v) is 10.3. The van der Waals surface area contributed by atoms with E-state index in [4.69, 9.17) is 0 Å². The van der Waals surface area contributed by atoms with Crippen molar-refractivity contribution < 1.29 is 69.5 Å². The van der Waals surface area contributed by atoms with Crippen LogP contribution < -0.4 is 0 Å². The van der Waals surface area contributed by atoms with E-state index in [0.717, 1.165) is 0 Å². The van der Waals surface area contributed by atoms with Crippen LogP contribution in [-0.2, 0) is 19.7 Å². The van der Waals surface area contributed by atoms with E-state index in [1.54, 1.807) is 0 Å².